The van der Waals surface area contributed by atoms with Gasteiger partial charge < -0.3 is 15.8 Å². The highest BCUT2D eigenvalue weighted by Gasteiger charge is 2.01. The molecule has 116 valence electrons. The molecule has 0 heterocycles. The van der Waals surface area contributed by atoms with E-state index in [1.165, 1.54) is 0 Å². The van der Waals surface area contributed by atoms with Crippen molar-refractivity contribution in [3.8, 4) is 5.75 Å². The SMILES string of the molecule is CNc1ccc(/C=C/c2ccc(N)c(OCCSF)c2)cc1. The average Bonchev–Trinajstić information content (AvgIpc) is 2.56. The first-order valence-corrected chi connectivity index (χ1v) is 7.83. The molecule has 0 saturated carbocycles. The molecule has 0 aliphatic carbocycles. The molecule has 0 bridgehead atoms. The molecule has 0 amide bonds. The van der Waals surface area contributed by atoms with Crippen LogP contribution in [-0.4, -0.2) is 19.4 Å². The Morgan fingerprint density at radius 2 is 1.82 bits per heavy atom. The van der Waals surface area contributed by atoms with E-state index in [4.69, 9.17) is 10.5 Å². The highest BCUT2D eigenvalue weighted by molar-refractivity contribution is 7.94. The van der Waals surface area contributed by atoms with Crippen LogP contribution in [0.1, 0.15) is 11.1 Å². The lowest BCUT2D eigenvalue weighted by atomic mass is 10.1. The van der Waals surface area contributed by atoms with E-state index in [9.17, 15) is 3.89 Å². The van der Waals surface area contributed by atoms with E-state index < -0.39 is 0 Å². The summed E-state index contributed by atoms with van der Waals surface area (Å²) in [6, 6.07) is 13.7. The van der Waals surface area contributed by atoms with Gasteiger partial charge in [-0.3, -0.25) is 0 Å². The maximum Gasteiger partial charge on any atom is 0.142 e. The molecular formula is C17H19FN2OS. The summed E-state index contributed by atoms with van der Waals surface area (Å²) in [4.78, 5) is 0. The van der Waals surface area contributed by atoms with E-state index in [1.807, 2.05) is 55.6 Å². The molecule has 5 heteroatoms. The van der Waals surface area contributed by atoms with Crippen LogP contribution < -0.4 is 15.8 Å². The van der Waals surface area contributed by atoms with Crippen molar-refractivity contribution in [3.05, 3.63) is 53.6 Å². The lowest BCUT2D eigenvalue weighted by molar-refractivity contribution is 0.345. The van der Waals surface area contributed by atoms with Gasteiger partial charge in [0.15, 0.2) is 0 Å². The van der Waals surface area contributed by atoms with Crippen LogP contribution in [0.4, 0.5) is 15.3 Å². The van der Waals surface area contributed by atoms with Crippen molar-refractivity contribution >= 4 is 35.7 Å². The highest BCUT2D eigenvalue weighted by atomic mass is 32.2. The molecule has 3 nitrogen and oxygen atoms in total. The minimum atomic E-state index is 0.256. The van der Waals surface area contributed by atoms with Gasteiger partial charge in [-0.05, 0) is 35.4 Å². The van der Waals surface area contributed by atoms with E-state index >= 15 is 0 Å². The zero-order chi connectivity index (χ0) is 15.8. The summed E-state index contributed by atoms with van der Waals surface area (Å²) >= 11 is 0.256. The molecule has 0 fully saturated rings. The number of hydrogen-bond acceptors (Lipinski definition) is 4. The molecule has 0 unspecified atom stereocenters. The zero-order valence-electron chi connectivity index (χ0n) is 12.4. The second-order valence-corrected chi connectivity index (χ2v) is 5.29. The van der Waals surface area contributed by atoms with E-state index in [1.54, 1.807) is 6.07 Å². The third-order valence-corrected chi connectivity index (χ3v) is 3.44. The second kappa shape index (κ2) is 8.34. The van der Waals surface area contributed by atoms with Gasteiger partial charge in [0.2, 0.25) is 0 Å². The number of rotatable bonds is 7. The molecular weight excluding hydrogens is 299 g/mol. The molecule has 3 N–H and O–H groups in total. The molecule has 2 rings (SSSR count). The molecule has 0 aliphatic rings. The molecule has 2 aromatic carbocycles. The van der Waals surface area contributed by atoms with E-state index in [0.29, 0.717) is 18.0 Å². The monoisotopic (exact) mass is 318 g/mol. The van der Waals surface area contributed by atoms with Crippen molar-refractivity contribution < 1.29 is 8.62 Å². The number of nitrogens with two attached hydrogens (primary N) is 1. The fourth-order valence-electron chi connectivity index (χ4n) is 1.92. The summed E-state index contributed by atoms with van der Waals surface area (Å²) in [6.07, 6.45) is 4.01. The van der Waals surface area contributed by atoms with Gasteiger partial charge in [0.05, 0.1) is 18.0 Å². The first-order chi connectivity index (χ1) is 10.7. The normalized spacial score (nSPS) is 10.8. The number of halogens is 1. The van der Waals surface area contributed by atoms with Crippen molar-refractivity contribution in [2.75, 3.05) is 30.5 Å². The molecule has 0 saturated heterocycles. The van der Waals surface area contributed by atoms with Crippen LogP contribution in [0.2, 0.25) is 0 Å². The first-order valence-electron chi connectivity index (χ1n) is 6.94. The van der Waals surface area contributed by atoms with Crippen LogP contribution in [0.25, 0.3) is 12.2 Å². The van der Waals surface area contributed by atoms with Crippen LogP contribution in [0.3, 0.4) is 0 Å². The average molecular weight is 318 g/mol. The first kappa shape index (κ1) is 16.2. The minimum Gasteiger partial charge on any atom is -0.490 e. The summed E-state index contributed by atoms with van der Waals surface area (Å²) in [5.41, 5.74) is 9.57. The van der Waals surface area contributed by atoms with E-state index in [0.717, 1.165) is 16.8 Å². The third-order valence-electron chi connectivity index (χ3n) is 3.12. The van der Waals surface area contributed by atoms with Gasteiger partial charge in [0.1, 0.15) is 5.75 Å². The topological polar surface area (TPSA) is 47.3 Å². The predicted octanol–water partition coefficient (Wildman–Crippen LogP) is 4.48. The Labute approximate surface area is 134 Å². The molecule has 0 atom stereocenters. The number of hydrogen-bond donors (Lipinski definition) is 2. The molecule has 2 aromatic rings. The molecule has 0 spiro atoms. The number of anilines is 2. The van der Waals surface area contributed by atoms with Crippen molar-refractivity contribution in [3.63, 3.8) is 0 Å². The van der Waals surface area contributed by atoms with Gasteiger partial charge in [-0.15, -0.1) is 0 Å². The smallest absolute Gasteiger partial charge is 0.142 e. The predicted molar refractivity (Wildman–Crippen MR) is 94.8 cm³/mol. The Hall–Kier alpha value is -2.14. The van der Waals surface area contributed by atoms with Crippen LogP contribution in [0.15, 0.2) is 42.5 Å². The number of ether oxygens (including phenoxy) is 1. The van der Waals surface area contributed by atoms with Crippen LogP contribution in [0, 0.1) is 0 Å². The van der Waals surface area contributed by atoms with Gasteiger partial charge in [-0.2, -0.15) is 3.89 Å². The van der Waals surface area contributed by atoms with Gasteiger partial charge >= 0.3 is 0 Å². The van der Waals surface area contributed by atoms with Crippen molar-refractivity contribution in [1.29, 1.82) is 0 Å². The van der Waals surface area contributed by atoms with E-state index in [-0.39, 0.29) is 17.9 Å². The van der Waals surface area contributed by atoms with Crippen molar-refractivity contribution in [1.82, 2.24) is 0 Å². The maximum atomic E-state index is 12.0. The summed E-state index contributed by atoms with van der Waals surface area (Å²) in [7, 11) is 1.89. The van der Waals surface area contributed by atoms with Gasteiger partial charge in [-0.1, -0.05) is 30.4 Å². The Bertz CT molecular complexity index is 629. The maximum absolute atomic E-state index is 12.0. The Kier molecular flexibility index (Phi) is 6.15. The standard InChI is InChI=1S/C17H19FN2OS/c1-20-15-7-4-13(5-8-15)2-3-14-6-9-16(19)17(12-14)21-10-11-22-18/h2-9,12,20H,10-11,19H2,1H3/b3-2+. The summed E-state index contributed by atoms with van der Waals surface area (Å²) in [5, 5.41) is 3.08. The fraction of sp³-hybridized carbons (Fsp3) is 0.176. The van der Waals surface area contributed by atoms with Crippen molar-refractivity contribution in [2.24, 2.45) is 0 Å². The number of benzene rings is 2. The molecule has 0 radical (unpaired) electrons. The van der Waals surface area contributed by atoms with Crippen molar-refractivity contribution in [2.45, 2.75) is 0 Å². The largest absolute Gasteiger partial charge is 0.490 e. The highest BCUT2D eigenvalue weighted by Crippen LogP contribution is 2.24. The Balaban J connectivity index is 2.07. The van der Waals surface area contributed by atoms with Gasteiger partial charge in [-0.25, -0.2) is 0 Å². The molecule has 0 aliphatic heterocycles. The lowest BCUT2D eigenvalue weighted by Gasteiger charge is -2.08. The number of nitrogen functional groups attached to an aromatic ring is 1. The Morgan fingerprint density at radius 3 is 2.50 bits per heavy atom. The Morgan fingerprint density at radius 1 is 1.14 bits per heavy atom. The van der Waals surface area contributed by atoms with Crippen LogP contribution in [0.5, 0.6) is 5.75 Å². The lowest BCUT2D eigenvalue weighted by Crippen LogP contribution is -2.02. The summed E-state index contributed by atoms with van der Waals surface area (Å²) in [6.45, 7) is 0.296. The van der Waals surface area contributed by atoms with Crippen LogP contribution >= 0.6 is 12.1 Å². The van der Waals surface area contributed by atoms with E-state index in [2.05, 4.69) is 5.32 Å². The van der Waals surface area contributed by atoms with Crippen LogP contribution in [-0.2, 0) is 0 Å². The third kappa shape index (κ3) is 4.70. The summed E-state index contributed by atoms with van der Waals surface area (Å²) in [5.74, 6) is 0.874. The molecule has 22 heavy (non-hydrogen) atoms. The number of nitrogens with one attached hydrogen (secondary N) is 1. The quantitative estimate of drug-likeness (QED) is 0.449. The minimum absolute atomic E-state index is 0.256. The second-order valence-electron chi connectivity index (χ2n) is 4.66. The summed E-state index contributed by atoms with van der Waals surface area (Å²) < 4.78 is 17.5. The van der Waals surface area contributed by atoms with Gasteiger partial charge in [0.25, 0.3) is 0 Å². The van der Waals surface area contributed by atoms with Gasteiger partial charge in [0, 0.05) is 24.9 Å². The zero-order valence-corrected chi connectivity index (χ0v) is 13.2. The fourth-order valence-corrected chi connectivity index (χ4v) is 2.06. The molecule has 0 aromatic heterocycles.